The summed E-state index contributed by atoms with van der Waals surface area (Å²) in [4.78, 5) is 4.56. The molecule has 0 spiro atoms. The molecule has 0 radical (unpaired) electrons. The zero-order chi connectivity index (χ0) is 12.7. The zero-order valence-electron chi connectivity index (χ0n) is 9.69. The van der Waals surface area contributed by atoms with Gasteiger partial charge in [0.15, 0.2) is 0 Å². The van der Waals surface area contributed by atoms with Crippen molar-refractivity contribution in [3.63, 3.8) is 0 Å². The monoisotopic (exact) mass is 276 g/mol. The summed E-state index contributed by atoms with van der Waals surface area (Å²) in [5, 5.41) is 1.10. The van der Waals surface area contributed by atoms with Crippen LogP contribution in [0.3, 0.4) is 0 Å². The number of rotatable bonds is 1. The van der Waals surface area contributed by atoms with E-state index >= 15 is 0 Å². The van der Waals surface area contributed by atoms with Crippen LogP contribution in [-0.4, -0.2) is 9.38 Å². The van der Waals surface area contributed by atoms with Crippen LogP contribution >= 0.6 is 23.2 Å². The number of aromatic nitrogens is 2. The molecular formula is C14H10Cl2N2. The molecule has 0 aliphatic rings. The third kappa shape index (κ3) is 1.98. The van der Waals surface area contributed by atoms with Crippen molar-refractivity contribution in [1.82, 2.24) is 9.38 Å². The Balaban J connectivity index is 2.16. The third-order valence-corrected chi connectivity index (χ3v) is 3.55. The Morgan fingerprint density at radius 1 is 1.00 bits per heavy atom. The maximum atomic E-state index is 6.02. The molecule has 0 fully saturated rings. The van der Waals surface area contributed by atoms with Crippen molar-refractivity contribution >= 4 is 28.8 Å². The fourth-order valence-electron chi connectivity index (χ4n) is 1.90. The van der Waals surface area contributed by atoms with Crippen molar-refractivity contribution in [3.05, 3.63) is 58.3 Å². The van der Waals surface area contributed by atoms with Crippen LogP contribution in [-0.2, 0) is 0 Å². The van der Waals surface area contributed by atoms with Gasteiger partial charge < -0.3 is 4.40 Å². The van der Waals surface area contributed by atoms with Crippen LogP contribution in [0.1, 0.15) is 5.56 Å². The highest BCUT2D eigenvalue weighted by Crippen LogP contribution is 2.28. The molecule has 3 aromatic rings. The summed E-state index contributed by atoms with van der Waals surface area (Å²) in [7, 11) is 0. The van der Waals surface area contributed by atoms with Crippen molar-refractivity contribution in [3.8, 4) is 11.3 Å². The van der Waals surface area contributed by atoms with Gasteiger partial charge in [0.2, 0.25) is 0 Å². The fourth-order valence-corrected chi connectivity index (χ4v) is 2.20. The quantitative estimate of drug-likeness (QED) is 0.634. The smallest absolute Gasteiger partial charge is 0.137 e. The maximum Gasteiger partial charge on any atom is 0.137 e. The van der Waals surface area contributed by atoms with Gasteiger partial charge in [-0.15, -0.1) is 0 Å². The van der Waals surface area contributed by atoms with Crippen molar-refractivity contribution in [1.29, 1.82) is 0 Å². The van der Waals surface area contributed by atoms with E-state index in [1.165, 1.54) is 5.56 Å². The number of aryl methyl sites for hydroxylation is 1. The molecule has 18 heavy (non-hydrogen) atoms. The highest BCUT2D eigenvalue weighted by atomic mass is 35.5. The Hall–Kier alpha value is -1.51. The van der Waals surface area contributed by atoms with E-state index in [9.17, 15) is 0 Å². The average Bonchev–Trinajstić information content (AvgIpc) is 2.75. The van der Waals surface area contributed by atoms with Crippen LogP contribution < -0.4 is 0 Å². The number of hydrogen-bond donors (Lipinski definition) is 0. The first kappa shape index (κ1) is 11.6. The minimum absolute atomic E-state index is 0.544. The number of imidazole rings is 1. The highest BCUT2D eigenvalue weighted by Gasteiger charge is 2.06. The van der Waals surface area contributed by atoms with Crippen molar-refractivity contribution in [2.75, 3.05) is 0 Å². The summed E-state index contributed by atoms with van der Waals surface area (Å²) in [6.07, 6.45) is 4.03. The van der Waals surface area contributed by atoms with Crippen molar-refractivity contribution < 1.29 is 0 Å². The topological polar surface area (TPSA) is 17.3 Å². The molecule has 0 aliphatic carbocycles. The molecule has 0 saturated heterocycles. The number of benzene rings is 1. The van der Waals surface area contributed by atoms with Gasteiger partial charge in [0.05, 0.1) is 15.7 Å². The van der Waals surface area contributed by atoms with E-state index in [1.807, 2.05) is 41.1 Å². The summed E-state index contributed by atoms with van der Waals surface area (Å²) < 4.78 is 2.01. The molecule has 2 nitrogen and oxygen atoms in total. The van der Waals surface area contributed by atoms with Crippen molar-refractivity contribution in [2.24, 2.45) is 0 Å². The van der Waals surface area contributed by atoms with Crippen LogP contribution in [0.4, 0.5) is 0 Å². The van der Waals surface area contributed by atoms with Gasteiger partial charge in [0.25, 0.3) is 0 Å². The lowest BCUT2D eigenvalue weighted by atomic mass is 10.2. The number of fused-ring (bicyclic) bond motifs is 1. The lowest BCUT2D eigenvalue weighted by Gasteiger charge is -1.98. The van der Waals surface area contributed by atoms with E-state index in [0.29, 0.717) is 10.0 Å². The Morgan fingerprint density at radius 3 is 2.61 bits per heavy atom. The van der Waals surface area contributed by atoms with Gasteiger partial charge in [-0.25, -0.2) is 4.98 Å². The Bertz CT molecular complexity index is 732. The first-order valence-corrected chi connectivity index (χ1v) is 6.30. The molecule has 0 aliphatic heterocycles. The summed E-state index contributed by atoms with van der Waals surface area (Å²) in [5.41, 5.74) is 3.96. The molecule has 0 bridgehead atoms. The second-order valence-corrected chi connectivity index (χ2v) is 5.04. The van der Waals surface area contributed by atoms with Gasteiger partial charge in [0.1, 0.15) is 5.65 Å². The number of hydrogen-bond acceptors (Lipinski definition) is 1. The molecule has 4 heteroatoms. The summed E-state index contributed by atoms with van der Waals surface area (Å²) in [5.74, 6) is 0. The van der Waals surface area contributed by atoms with E-state index in [-0.39, 0.29) is 0 Å². The Labute approximate surface area is 115 Å². The third-order valence-electron chi connectivity index (χ3n) is 2.81. The first-order valence-electron chi connectivity index (χ1n) is 5.54. The molecule has 2 aromatic heterocycles. The number of halogens is 2. The summed E-state index contributed by atoms with van der Waals surface area (Å²) in [6, 6.07) is 9.58. The lowest BCUT2D eigenvalue weighted by Crippen LogP contribution is -1.82. The minimum Gasteiger partial charge on any atom is -0.306 e. The molecule has 0 unspecified atom stereocenters. The largest absolute Gasteiger partial charge is 0.306 e. The summed E-state index contributed by atoms with van der Waals surface area (Å²) >= 11 is 11.9. The number of nitrogens with zero attached hydrogens (tertiary/aromatic N) is 2. The molecule has 3 rings (SSSR count). The van der Waals surface area contributed by atoms with Crippen LogP contribution in [0.15, 0.2) is 42.7 Å². The van der Waals surface area contributed by atoms with Gasteiger partial charge in [0, 0.05) is 18.0 Å². The minimum atomic E-state index is 0.544. The van der Waals surface area contributed by atoms with Gasteiger partial charge in [-0.05, 0) is 30.7 Å². The van der Waals surface area contributed by atoms with E-state index in [4.69, 9.17) is 23.2 Å². The standard InChI is InChI=1S/C14H10Cl2N2/c1-9-2-5-14-17-13(8-18(14)7-9)10-3-4-11(15)12(16)6-10/h2-8H,1H3. The second kappa shape index (κ2) is 4.30. The van der Waals surface area contributed by atoms with E-state index < -0.39 is 0 Å². The fraction of sp³-hybridized carbons (Fsp3) is 0.0714. The van der Waals surface area contributed by atoms with E-state index in [1.54, 1.807) is 6.07 Å². The molecule has 90 valence electrons. The van der Waals surface area contributed by atoms with Crippen LogP contribution in [0.5, 0.6) is 0 Å². The van der Waals surface area contributed by atoms with E-state index in [2.05, 4.69) is 11.9 Å². The second-order valence-electron chi connectivity index (χ2n) is 4.23. The molecule has 0 saturated carbocycles. The zero-order valence-corrected chi connectivity index (χ0v) is 11.2. The Kier molecular flexibility index (Phi) is 2.77. The Morgan fingerprint density at radius 2 is 1.83 bits per heavy atom. The SMILES string of the molecule is Cc1ccc2nc(-c3ccc(Cl)c(Cl)c3)cn2c1. The van der Waals surface area contributed by atoms with Gasteiger partial charge in [-0.1, -0.05) is 35.3 Å². The summed E-state index contributed by atoms with van der Waals surface area (Å²) in [6.45, 7) is 2.05. The van der Waals surface area contributed by atoms with Gasteiger partial charge in [-0.3, -0.25) is 0 Å². The lowest BCUT2D eigenvalue weighted by molar-refractivity contribution is 1.16. The average molecular weight is 277 g/mol. The van der Waals surface area contributed by atoms with Crippen LogP contribution in [0.2, 0.25) is 10.0 Å². The molecule has 0 atom stereocenters. The number of pyridine rings is 1. The van der Waals surface area contributed by atoms with Crippen molar-refractivity contribution in [2.45, 2.75) is 6.92 Å². The normalized spacial score (nSPS) is 11.1. The van der Waals surface area contributed by atoms with Gasteiger partial charge in [-0.2, -0.15) is 0 Å². The molecular weight excluding hydrogens is 267 g/mol. The molecule has 2 heterocycles. The van der Waals surface area contributed by atoms with Gasteiger partial charge >= 0.3 is 0 Å². The molecule has 0 amide bonds. The van der Waals surface area contributed by atoms with Crippen LogP contribution in [0, 0.1) is 6.92 Å². The first-order chi connectivity index (χ1) is 8.63. The predicted molar refractivity (Wildman–Crippen MR) is 75.4 cm³/mol. The highest BCUT2D eigenvalue weighted by molar-refractivity contribution is 6.42. The maximum absolute atomic E-state index is 6.02. The van der Waals surface area contributed by atoms with E-state index in [0.717, 1.165) is 16.9 Å². The predicted octanol–water partition coefficient (Wildman–Crippen LogP) is 4.62. The molecule has 1 aromatic carbocycles. The van der Waals surface area contributed by atoms with Crippen LogP contribution in [0.25, 0.3) is 16.9 Å². The molecule has 0 N–H and O–H groups in total.